The third-order valence-corrected chi connectivity index (χ3v) is 1.21. The maximum Gasteiger partial charge on any atom is 0.336 e. The summed E-state index contributed by atoms with van der Waals surface area (Å²) in [5.41, 5.74) is 4.52. The summed E-state index contributed by atoms with van der Waals surface area (Å²) >= 11 is 0. The SMILES string of the molecule is CCOC(=O)C(O)C(C)(C)N. The lowest BCUT2D eigenvalue weighted by atomic mass is 9.99. The average molecular weight is 161 g/mol. The van der Waals surface area contributed by atoms with Crippen LogP contribution in [0.25, 0.3) is 0 Å². The molecule has 0 aromatic rings. The van der Waals surface area contributed by atoms with Crippen molar-refractivity contribution in [3.05, 3.63) is 0 Å². The number of nitrogens with two attached hydrogens (primary N) is 1. The molecule has 0 rings (SSSR count). The molecule has 0 saturated heterocycles. The number of aliphatic hydroxyl groups is 1. The van der Waals surface area contributed by atoms with Crippen molar-refractivity contribution in [2.24, 2.45) is 5.73 Å². The van der Waals surface area contributed by atoms with E-state index in [9.17, 15) is 9.90 Å². The second-order valence-electron chi connectivity index (χ2n) is 2.98. The number of aliphatic hydroxyl groups excluding tert-OH is 1. The van der Waals surface area contributed by atoms with E-state index in [0.717, 1.165) is 0 Å². The van der Waals surface area contributed by atoms with E-state index < -0.39 is 17.6 Å². The fraction of sp³-hybridized carbons (Fsp3) is 0.857. The molecule has 0 aliphatic heterocycles. The molecular weight excluding hydrogens is 146 g/mol. The highest BCUT2D eigenvalue weighted by molar-refractivity contribution is 5.75. The smallest absolute Gasteiger partial charge is 0.336 e. The van der Waals surface area contributed by atoms with Crippen LogP contribution < -0.4 is 5.73 Å². The quantitative estimate of drug-likeness (QED) is 0.555. The Bertz CT molecular complexity index is 139. The van der Waals surface area contributed by atoms with Crippen molar-refractivity contribution in [3.63, 3.8) is 0 Å². The predicted octanol–water partition coefficient (Wildman–Crippen LogP) is -0.352. The fourth-order valence-corrected chi connectivity index (χ4v) is 0.525. The minimum absolute atomic E-state index is 0.256. The van der Waals surface area contributed by atoms with Crippen LogP contribution in [0.4, 0.5) is 0 Å². The van der Waals surface area contributed by atoms with Gasteiger partial charge in [-0.05, 0) is 20.8 Å². The Morgan fingerprint density at radius 1 is 1.73 bits per heavy atom. The van der Waals surface area contributed by atoms with Gasteiger partial charge < -0.3 is 15.6 Å². The summed E-state index contributed by atoms with van der Waals surface area (Å²) in [6, 6.07) is 0. The summed E-state index contributed by atoms with van der Waals surface area (Å²) in [4.78, 5) is 10.8. The zero-order chi connectivity index (χ0) is 9.07. The lowest BCUT2D eigenvalue weighted by Crippen LogP contribution is -2.50. The van der Waals surface area contributed by atoms with Gasteiger partial charge in [0.05, 0.1) is 6.61 Å². The van der Waals surface area contributed by atoms with E-state index in [1.54, 1.807) is 20.8 Å². The van der Waals surface area contributed by atoms with Gasteiger partial charge in [-0.2, -0.15) is 0 Å². The molecular formula is C7H15NO3. The van der Waals surface area contributed by atoms with Crippen LogP contribution in [0, 0.1) is 0 Å². The second-order valence-corrected chi connectivity index (χ2v) is 2.98. The maximum atomic E-state index is 10.8. The summed E-state index contributed by atoms with van der Waals surface area (Å²) in [6.07, 6.45) is -1.25. The molecule has 1 unspecified atom stereocenters. The molecule has 0 radical (unpaired) electrons. The average Bonchev–Trinajstić information content (AvgIpc) is 1.85. The van der Waals surface area contributed by atoms with Crippen molar-refractivity contribution in [1.82, 2.24) is 0 Å². The molecule has 11 heavy (non-hydrogen) atoms. The van der Waals surface area contributed by atoms with Crippen LogP contribution in [0.15, 0.2) is 0 Å². The van der Waals surface area contributed by atoms with E-state index >= 15 is 0 Å². The van der Waals surface area contributed by atoms with Crippen molar-refractivity contribution in [3.8, 4) is 0 Å². The van der Waals surface area contributed by atoms with Gasteiger partial charge in [0.25, 0.3) is 0 Å². The first-order valence-corrected chi connectivity index (χ1v) is 3.53. The van der Waals surface area contributed by atoms with Crippen LogP contribution in [-0.2, 0) is 9.53 Å². The second kappa shape index (κ2) is 3.69. The minimum Gasteiger partial charge on any atom is -0.464 e. The van der Waals surface area contributed by atoms with Crippen LogP contribution in [0.5, 0.6) is 0 Å². The first-order valence-electron chi connectivity index (χ1n) is 3.53. The molecule has 0 saturated carbocycles. The minimum atomic E-state index is -1.25. The molecule has 0 amide bonds. The Hall–Kier alpha value is -0.610. The Kier molecular flexibility index (Phi) is 3.48. The summed E-state index contributed by atoms with van der Waals surface area (Å²) in [7, 11) is 0. The van der Waals surface area contributed by atoms with E-state index in [1.807, 2.05) is 0 Å². The highest BCUT2D eigenvalue weighted by atomic mass is 16.5. The normalized spacial score (nSPS) is 14.3. The zero-order valence-corrected chi connectivity index (χ0v) is 7.13. The number of esters is 1. The third-order valence-electron chi connectivity index (χ3n) is 1.21. The van der Waals surface area contributed by atoms with E-state index in [0.29, 0.717) is 0 Å². The summed E-state index contributed by atoms with van der Waals surface area (Å²) in [5.74, 6) is -0.667. The van der Waals surface area contributed by atoms with Gasteiger partial charge in [0.2, 0.25) is 0 Å². The molecule has 0 aromatic heterocycles. The molecule has 4 heteroatoms. The number of carbonyl (C=O) groups is 1. The van der Waals surface area contributed by atoms with Crippen LogP contribution in [-0.4, -0.2) is 29.3 Å². The van der Waals surface area contributed by atoms with Gasteiger partial charge in [-0.3, -0.25) is 0 Å². The molecule has 1 atom stereocenters. The molecule has 0 aliphatic carbocycles. The monoisotopic (exact) mass is 161 g/mol. The van der Waals surface area contributed by atoms with Gasteiger partial charge in [0.15, 0.2) is 6.10 Å². The van der Waals surface area contributed by atoms with Crippen molar-refractivity contribution in [2.45, 2.75) is 32.4 Å². The highest BCUT2D eigenvalue weighted by Crippen LogP contribution is 2.05. The molecule has 0 bridgehead atoms. The number of carbonyl (C=O) groups excluding carboxylic acids is 1. The summed E-state index contributed by atoms with van der Waals surface area (Å²) in [6.45, 7) is 5.06. The van der Waals surface area contributed by atoms with E-state index in [1.165, 1.54) is 0 Å². The molecule has 4 nitrogen and oxygen atoms in total. The van der Waals surface area contributed by atoms with Gasteiger partial charge >= 0.3 is 5.97 Å². The molecule has 66 valence electrons. The first-order chi connectivity index (χ1) is 4.89. The van der Waals surface area contributed by atoms with Gasteiger partial charge in [0, 0.05) is 5.54 Å². The largest absolute Gasteiger partial charge is 0.464 e. The van der Waals surface area contributed by atoms with Gasteiger partial charge in [-0.1, -0.05) is 0 Å². The lowest BCUT2D eigenvalue weighted by molar-refractivity contribution is -0.156. The molecule has 0 spiro atoms. The Morgan fingerprint density at radius 3 is 2.45 bits per heavy atom. The van der Waals surface area contributed by atoms with Gasteiger partial charge in [-0.15, -0.1) is 0 Å². The van der Waals surface area contributed by atoms with Crippen LogP contribution in [0.1, 0.15) is 20.8 Å². The summed E-state index contributed by atoms with van der Waals surface area (Å²) in [5, 5.41) is 9.19. The zero-order valence-electron chi connectivity index (χ0n) is 7.13. The lowest BCUT2D eigenvalue weighted by Gasteiger charge is -2.23. The van der Waals surface area contributed by atoms with Crippen LogP contribution in [0.3, 0.4) is 0 Å². The van der Waals surface area contributed by atoms with Crippen LogP contribution in [0.2, 0.25) is 0 Å². The standard InChI is InChI=1S/C7H15NO3/c1-4-11-6(10)5(9)7(2,3)8/h5,9H,4,8H2,1-3H3. The fourth-order valence-electron chi connectivity index (χ4n) is 0.525. The predicted molar refractivity (Wildman–Crippen MR) is 40.9 cm³/mol. The summed E-state index contributed by atoms with van der Waals surface area (Å²) < 4.78 is 4.56. The number of hydrogen-bond acceptors (Lipinski definition) is 4. The number of hydrogen-bond donors (Lipinski definition) is 2. The van der Waals surface area contributed by atoms with E-state index in [-0.39, 0.29) is 6.61 Å². The van der Waals surface area contributed by atoms with Crippen molar-refractivity contribution in [2.75, 3.05) is 6.61 Å². The topological polar surface area (TPSA) is 72.5 Å². The van der Waals surface area contributed by atoms with Crippen LogP contribution >= 0.6 is 0 Å². The number of rotatable bonds is 3. The maximum absolute atomic E-state index is 10.8. The van der Waals surface area contributed by atoms with Crippen molar-refractivity contribution >= 4 is 5.97 Å². The molecule has 0 aromatic carbocycles. The Labute approximate surface area is 66.3 Å². The van der Waals surface area contributed by atoms with Crippen molar-refractivity contribution < 1.29 is 14.6 Å². The molecule has 0 aliphatic rings. The van der Waals surface area contributed by atoms with E-state index in [4.69, 9.17) is 5.73 Å². The Balaban J connectivity index is 4.03. The Morgan fingerprint density at radius 2 is 2.18 bits per heavy atom. The molecule has 3 N–H and O–H groups in total. The highest BCUT2D eigenvalue weighted by Gasteiger charge is 2.30. The van der Waals surface area contributed by atoms with Gasteiger partial charge in [0.1, 0.15) is 0 Å². The van der Waals surface area contributed by atoms with Crippen molar-refractivity contribution in [1.29, 1.82) is 0 Å². The first kappa shape index (κ1) is 10.4. The van der Waals surface area contributed by atoms with E-state index in [2.05, 4.69) is 4.74 Å². The number of ether oxygens (including phenoxy) is 1. The van der Waals surface area contributed by atoms with Gasteiger partial charge in [-0.25, -0.2) is 4.79 Å². The third kappa shape index (κ3) is 3.34. The molecule has 0 heterocycles. The molecule has 0 fully saturated rings.